The molecule has 1 rings (SSSR count). The fourth-order valence-corrected chi connectivity index (χ4v) is 1.31. The normalized spacial score (nSPS) is 17.0. The van der Waals surface area contributed by atoms with Gasteiger partial charge < -0.3 is 9.64 Å². The molecule has 1 aliphatic rings. The van der Waals surface area contributed by atoms with E-state index in [1.807, 2.05) is 4.90 Å². The minimum absolute atomic E-state index is 0.204. The molecule has 1 saturated heterocycles. The van der Waals surface area contributed by atoms with Crippen LogP contribution in [0.15, 0.2) is 0 Å². The third kappa shape index (κ3) is 3.74. The fourth-order valence-electron chi connectivity index (χ4n) is 1.31. The summed E-state index contributed by atoms with van der Waals surface area (Å²) in [6.07, 6.45) is 2.00. The molecule has 1 heterocycles. The van der Waals surface area contributed by atoms with E-state index in [0.29, 0.717) is 13.2 Å². The molecule has 76 valence electrons. The monoisotopic (exact) mass is 186 g/mol. The lowest BCUT2D eigenvalue weighted by atomic mass is 10.4. The van der Waals surface area contributed by atoms with Crippen LogP contribution in [0.4, 0.5) is 0 Å². The molecule has 0 unspecified atom stereocenters. The van der Waals surface area contributed by atoms with Crippen LogP contribution >= 0.6 is 0 Å². The number of carbonyl (C=O) groups is 1. The van der Waals surface area contributed by atoms with Crippen molar-refractivity contribution in [2.75, 3.05) is 33.0 Å². The molecule has 0 aliphatic carbocycles. The van der Waals surface area contributed by atoms with Crippen molar-refractivity contribution in [3.63, 3.8) is 0 Å². The minimum atomic E-state index is 0.204. The summed E-state index contributed by atoms with van der Waals surface area (Å²) in [6, 6.07) is 0. The summed E-state index contributed by atoms with van der Waals surface area (Å²) in [4.78, 5) is 12.9. The second kappa shape index (κ2) is 5.94. The number of nitrogens with one attached hydrogen (secondary N) is 1. The number of rotatable bonds is 6. The lowest BCUT2D eigenvalue weighted by Crippen LogP contribution is -2.28. The first kappa shape index (κ1) is 10.5. The standard InChI is InChI=1S/C9H18N2O2/c1-2-5-13-6-3-4-11-8-10-7-9(11)12/h10H,2-8H2,1H3. The maximum absolute atomic E-state index is 11.1. The van der Waals surface area contributed by atoms with Gasteiger partial charge in [0.25, 0.3) is 0 Å². The first-order valence-corrected chi connectivity index (χ1v) is 4.91. The molecule has 4 heteroatoms. The number of hydrogen-bond acceptors (Lipinski definition) is 3. The molecular formula is C9H18N2O2. The highest BCUT2D eigenvalue weighted by molar-refractivity contribution is 5.79. The van der Waals surface area contributed by atoms with Crippen LogP contribution in [0.3, 0.4) is 0 Å². The van der Waals surface area contributed by atoms with Gasteiger partial charge in [0.05, 0.1) is 13.2 Å². The molecule has 0 radical (unpaired) electrons. The number of ether oxygens (including phenoxy) is 1. The van der Waals surface area contributed by atoms with Gasteiger partial charge in [-0.25, -0.2) is 0 Å². The minimum Gasteiger partial charge on any atom is -0.381 e. The van der Waals surface area contributed by atoms with Crippen LogP contribution in [0.2, 0.25) is 0 Å². The molecule has 1 fully saturated rings. The molecule has 0 spiro atoms. The lowest BCUT2D eigenvalue weighted by molar-refractivity contribution is -0.126. The first-order chi connectivity index (χ1) is 6.34. The SMILES string of the molecule is CCCOCCCN1CNCC1=O. The van der Waals surface area contributed by atoms with Crippen molar-refractivity contribution >= 4 is 5.91 Å². The summed E-state index contributed by atoms with van der Waals surface area (Å²) in [5.74, 6) is 0.204. The van der Waals surface area contributed by atoms with Crippen molar-refractivity contribution in [1.82, 2.24) is 10.2 Å². The number of carbonyl (C=O) groups excluding carboxylic acids is 1. The van der Waals surface area contributed by atoms with Crippen LogP contribution in [0, 0.1) is 0 Å². The Balaban J connectivity index is 1.96. The highest BCUT2D eigenvalue weighted by Gasteiger charge is 2.18. The molecule has 0 bridgehead atoms. The molecule has 0 aromatic rings. The Labute approximate surface area is 79.2 Å². The number of nitrogens with zero attached hydrogens (tertiary/aromatic N) is 1. The average molecular weight is 186 g/mol. The van der Waals surface area contributed by atoms with Gasteiger partial charge >= 0.3 is 0 Å². The lowest BCUT2D eigenvalue weighted by Gasteiger charge is -2.13. The van der Waals surface area contributed by atoms with Crippen LogP contribution < -0.4 is 5.32 Å². The van der Waals surface area contributed by atoms with E-state index in [1.165, 1.54) is 0 Å². The maximum atomic E-state index is 11.1. The van der Waals surface area contributed by atoms with Crippen molar-refractivity contribution in [2.45, 2.75) is 19.8 Å². The van der Waals surface area contributed by atoms with Gasteiger partial charge in [-0.3, -0.25) is 10.1 Å². The first-order valence-electron chi connectivity index (χ1n) is 4.91. The van der Waals surface area contributed by atoms with E-state index in [4.69, 9.17) is 4.74 Å². The molecule has 13 heavy (non-hydrogen) atoms. The highest BCUT2D eigenvalue weighted by atomic mass is 16.5. The maximum Gasteiger partial charge on any atom is 0.237 e. The smallest absolute Gasteiger partial charge is 0.237 e. The Kier molecular flexibility index (Phi) is 4.78. The molecule has 0 saturated carbocycles. The van der Waals surface area contributed by atoms with Crippen LogP contribution in [-0.2, 0) is 9.53 Å². The Morgan fingerprint density at radius 1 is 1.54 bits per heavy atom. The Bertz CT molecular complexity index is 162. The molecule has 1 aliphatic heterocycles. The van der Waals surface area contributed by atoms with E-state index >= 15 is 0 Å². The van der Waals surface area contributed by atoms with Crippen molar-refractivity contribution < 1.29 is 9.53 Å². The zero-order valence-corrected chi connectivity index (χ0v) is 8.21. The van der Waals surface area contributed by atoms with Crippen LogP contribution in [0.25, 0.3) is 0 Å². The summed E-state index contributed by atoms with van der Waals surface area (Å²) in [6.45, 7) is 5.69. The largest absolute Gasteiger partial charge is 0.381 e. The van der Waals surface area contributed by atoms with E-state index in [0.717, 1.165) is 32.6 Å². The van der Waals surface area contributed by atoms with E-state index in [9.17, 15) is 4.79 Å². The Morgan fingerprint density at radius 3 is 3.00 bits per heavy atom. The molecule has 0 aromatic heterocycles. The van der Waals surface area contributed by atoms with Crippen LogP contribution in [0.5, 0.6) is 0 Å². The number of amides is 1. The quantitative estimate of drug-likeness (QED) is 0.602. The van der Waals surface area contributed by atoms with Crippen molar-refractivity contribution in [3.8, 4) is 0 Å². The predicted molar refractivity (Wildman–Crippen MR) is 50.3 cm³/mol. The topological polar surface area (TPSA) is 41.6 Å². The van der Waals surface area contributed by atoms with Crippen LogP contribution in [0.1, 0.15) is 19.8 Å². The molecule has 1 N–H and O–H groups in total. The van der Waals surface area contributed by atoms with Crippen molar-refractivity contribution in [1.29, 1.82) is 0 Å². The van der Waals surface area contributed by atoms with Crippen LogP contribution in [-0.4, -0.2) is 43.8 Å². The van der Waals surface area contributed by atoms with Gasteiger partial charge in [-0.15, -0.1) is 0 Å². The average Bonchev–Trinajstić information content (AvgIpc) is 2.52. The Hall–Kier alpha value is -0.610. The summed E-state index contributed by atoms with van der Waals surface area (Å²) in [7, 11) is 0. The molecular weight excluding hydrogens is 168 g/mol. The van der Waals surface area contributed by atoms with E-state index in [1.54, 1.807) is 0 Å². The molecule has 4 nitrogen and oxygen atoms in total. The summed E-state index contributed by atoms with van der Waals surface area (Å²) in [5, 5.41) is 3.01. The van der Waals surface area contributed by atoms with Gasteiger partial charge in [0, 0.05) is 19.8 Å². The fraction of sp³-hybridized carbons (Fsp3) is 0.889. The summed E-state index contributed by atoms with van der Waals surface area (Å²) < 4.78 is 5.32. The zero-order chi connectivity index (χ0) is 9.52. The van der Waals surface area contributed by atoms with Gasteiger partial charge in [0.15, 0.2) is 0 Å². The van der Waals surface area contributed by atoms with Gasteiger partial charge in [-0.2, -0.15) is 0 Å². The van der Waals surface area contributed by atoms with E-state index in [2.05, 4.69) is 12.2 Å². The van der Waals surface area contributed by atoms with Crippen molar-refractivity contribution in [3.05, 3.63) is 0 Å². The summed E-state index contributed by atoms with van der Waals surface area (Å²) >= 11 is 0. The molecule has 0 aromatic carbocycles. The number of hydrogen-bond donors (Lipinski definition) is 1. The predicted octanol–water partition coefficient (Wildman–Crippen LogP) is 0.192. The zero-order valence-electron chi connectivity index (χ0n) is 8.21. The second-order valence-corrected chi connectivity index (χ2v) is 3.21. The molecule has 0 atom stereocenters. The third-order valence-electron chi connectivity index (χ3n) is 2.00. The summed E-state index contributed by atoms with van der Waals surface area (Å²) in [5.41, 5.74) is 0. The molecule has 1 amide bonds. The second-order valence-electron chi connectivity index (χ2n) is 3.21. The van der Waals surface area contributed by atoms with Gasteiger partial charge in [0.1, 0.15) is 0 Å². The highest BCUT2D eigenvalue weighted by Crippen LogP contribution is 1.97. The van der Waals surface area contributed by atoms with Gasteiger partial charge in [-0.05, 0) is 12.8 Å². The van der Waals surface area contributed by atoms with E-state index < -0.39 is 0 Å². The van der Waals surface area contributed by atoms with Gasteiger partial charge in [-0.1, -0.05) is 6.92 Å². The van der Waals surface area contributed by atoms with E-state index in [-0.39, 0.29) is 5.91 Å². The Morgan fingerprint density at radius 2 is 2.38 bits per heavy atom. The third-order valence-corrected chi connectivity index (χ3v) is 2.00. The van der Waals surface area contributed by atoms with Crippen molar-refractivity contribution in [2.24, 2.45) is 0 Å². The van der Waals surface area contributed by atoms with Gasteiger partial charge in [0.2, 0.25) is 5.91 Å².